The Morgan fingerprint density at radius 1 is 1.12 bits per heavy atom. The third-order valence-electron chi connectivity index (χ3n) is 4.37. The van der Waals surface area contributed by atoms with Gasteiger partial charge in [-0.1, -0.05) is 29.3 Å². The highest BCUT2D eigenvalue weighted by molar-refractivity contribution is 7.16. The molecular weight excluding hydrogens is 389 g/mol. The first-order valence-corrected chi connectivity index (χ1v) is 9.67. The molecule has 6 heteroatoms. The Kier molecular flexibility index (Phi) is 5.00. The summed E-state index contributed by atoms with van der Waals surface area (Å²) in [5.74, 6) is 0.626. The quantitative estimate of drug-likeness (QED) is 0.606. The van der Waals surface area contributed by atoms with E-state index in [4.69, 9.17) is 27.9 Å². The number of thiophene rings is 1. The van der Waals surface area contributed by atoms with Crippen LogP contribution in [-0.4, -0.2) is 16.7 Å². The number of halogens is 2. The van der Waals surface area contributed by atoms with E-state index in [1.807, 2.05) is 48.5 Å². The average molecular weight is 404 g/mol. The third kappa shape index (κ3) is 3.38. The summed E-state index contributed by atoms with van der Waals surface area (Å²) in [6.45, 7) is 0.460. The van der Waals surface area contributed by atoms with Crippen LogP contribution in [0.5, 0.6) is 0 Å². The van der Waals surface area contributed by atoms with Gasteiger partial charge in [-0.05, 0) is 42.5 Å². The molecule has 0 aliphatic carbocycles. The van der Waals surface area contributed by atoms with Crippen LogP contribution in [-0.2, 0) is 4.74 Å². The van der Waals surface area contributed by atoms with Gasteiger partial charge in [-0.2, -0.15) is 0 Å². The van der Waals surface area contributed by atoms with E-state index < -0.39 is 6.10 Å². The Morgan fingerprint density at radius 2 is 1.92 bits per heavy atom. The molecule has 0 saturated heterocycles. The summed E-state index contributed by atoms with van der Waals surface area (Å²) in [4.78, 5) is 5.20. The number of benzene rings is 1. The molecule has 132 valence electrons. The van der Waals surface area contributed by atoms with Crippen molar-refractivity contribution in [3.8, 4) is 0 Å². The summed E-state index contributed by atoms with van der Waals surface area (Å²) in [6.07, 6.45) is 2.54. The second-order valence-corrected chi connectivity index (χ2v) is 8.17. The maximum atomic E-state index is 11.1. The van der Waals surface area contributed by atoms with E-state index in [-0.39, 0.29) is 5.92 Å². The van der Waals surface area contributed by atoms with Crippen LogP contribution in [0, 0.1) is 0 Å². The zero-order valence-corrected chi connectivity index (χ0v) is 15.9. The Labute approximate surface area is 165 Å². The number of ether oxygens (including phenoxy) is 1. The first-order valence-electron chi connectivity index (χ1n) is 8.09. The van der Waals surface area contributed by atoms with Crippen LogP contribution >= 0.6 is 34.5 Å². The minimum atomic E-state index is -0.817. The van der Waals surface area contributed by atoms with Crippen LogP contribution in [0.3, 0.4) is 0 Å². The van der Waals surface area contributed by atoms with Crippen LogP contribution < -0.4 is 0 Å². The van der Waals surface area contributed by atoms with Gasteiger partial charge in [0.05, 0.1) is 16.9 Å². The normalized spacial score (nSPS) is 18.0. The lowest BCUT2D eigenvalue weighted by molar-refractivity contribution is 0.209. The molecule has 0 fully saturated rings. The largest absolute Gasteiger partial charge is 0.492 e. The maximum Gasteiger partial charge on any atom is 0.129 e. The number of aliphatic hydroxyl groups is 1. The molecule has 1 N–H and O–H groups in total. The molecule has 3 heterocycles. The highest BCUT2D eigenvalue weighted by Crippen LogP contribution is 2.46. The molecule has 2 atom stereocenters. The highest BCUT2D eigenvalue weighted by atomic mass is 35.5. The van der Waals surface area contributed by atoms with Crippen molar-refractivity contribution in [2.45, 2.75) is 12.0 Å². The van der Waals surface area contributed by atoms with Gasteiger partial charge in [0.2, 0.25) is 0 Å². The van der Waals surface area contributed by atoms with Crippen LogP contribution in [0.1, 0.15) is 28.0 Å². The van der Waals surface area contributed by atoms with Crippen LogP contribution in [0.15, 0.2) is 66.5 Å². The molecular formula is C20H15Cl2NO2S. The third-order valence-corrected chi connectivity index (χ3v) is 5.97. The number of hydrogen-bond donors (Lipinski definition) is 1. The standard InChI is InChI=1S/C20H15Cl2NO2S/c21-14-5-3-12(4-6-14)20-18(19(24)13-2-1-9-23-10-13)15(11-25-20)16-7-8-17(22)26-16/h1-10,15,19,24H,11H2. The fraction of sp³-hybridized carbons (Fsp3) is 0.150. The van der Waals surface area contributed by atoms with Gasteiger partial charge in [0.1, 0.15) is 11.9 Å². The fourth-order valence-electron chi connectivity index (χ4n) is 3.13. The molecule has 2 unspecified atom stereocenters. The molecule has 1 aliphatic rings. The van der Waals surface area contributed by atoms with Crippen molar-refractivity contribution in [1.82, 2.24) is 4.98 Å². The summed E-state index contributed by atoms with van der Waals surface area (Å²) in [5.41, 5.74) is 2.43. The molecule has 0 amide bonds. The van der Waals surface area contributed by atoms with Crippen molar-refractivity contribution in [3.63, 3.8) is 0 Å². The lowest BCUT2D eigenvalue weighted by atomic mass is 9.89. The van der Waals surface area contributed by atoms with Gasteiger partial charge >= 0.3 is 0 Å². The lowest BCUT2D eigenvalue weighted by Gasteiger charge is -2.18. The molecule has 3 aromatic rings. The molecule has 4 rings (SSSR count). The minimum Gasteiger partial charge on any atom is -0.492 e. The van der Waals surface area contributed by atoms with Gasteiger partial charge in [0, 0.05) is 39.0 Å². The molecule has 2 aromatic heterocycles. The van der Waals surface area contributed by atoms with E-state index in [1.54, 1.807) is 12.4 Å². The Hall–Kier alpha value is -1.85. The fourth-order valence-corrected chi connectivity index (χ4v) is 4.42. The van der Waals surface area contributed by atoms with Crippen molar-refractivity contribution in [3.05, 3.63) is 91.9 Å². The Balaban J connectivity index is 1.83. The van der Waals surface area contributed by atoms with E-state index in [0.717, 1.165) is 25.9 Å². The first kappa shape index (κ1) is 17.6. The topological polar surface area (TPSA) is 42.4 Å². The number of nitrogens with zero attached hydrogens (tertiary/aromatic N) is 1. The molecule has 0 bridgehead atoms. The SMILES string of the molecule is OC(C1=C(c2ccc(Cl)cc2)OCC1c1ccc(Cl)s1)c1cccnc1. The molecule has 1 aliphatic heterocycles. The predicted octanol–water partition coefficient (Wildman–Crippen LogP) is 5.71. The summed E-state index contributed by atoms with van der Waals surface area (Å²) in [7, 11) is 0. The maximum absolute atomic E-state index is 11.1. The molecule has 0 spiro atoms. The van der Waals surface area contributed by atoms with E-state index in [2.05, 4.69) is 4.98 Å². The predicted molar refractivity (Wildman–Crippen MR) is 106 cm³/mol. The van der Waals surface area contributed by atoms with E-state index in [0.29, 0.717) is 17.4 Å². The number of aliphatic hydroxyl groups excluding tert-OH is 1. The Morgan fingerprint density at radius 3 is 2.58 bits per heavy atom. The van der Waals surface area contributed by atoms with Gasteiger partial charge in [0.25, 0.3) is 0 Å². The van der Waals surface area contributed by atoms with Gasteiger partial charge in [-0.3, -0.25) is 4.98 Å². The van der Waals surface area contributed by atoms with Crippen molar-refractivity contribution in [1.29, 1.82) is 0 Å². The lowest BCUT2D eigenvalue weighted by Crippen LogP contribution is -2.09. The second kappa shape index (κ2) is 7.41. The molecule has 3 nitrogen and oxygen atoms in total. The number of pyridine rings is 1. The highest BCUT2D eigenvalue weighted by Gasteiger charge is 2.35. The van der Waals surface area contributed by atoms with Crippen LogP contribution in [0.2, 0.25) is 9.36 Å². The second-order valence-electron chi connectivity index (χ2n) is 5.99. The molecule has 26 heavy (non-hydrogen) atoms. The van der Waals surface area contributed by atoms with Crippen molar-refractivity contribution >= 4 is 40.3 Å². The smallest absolute Gasteiger partial charge is 0.129 e. The van der Waals surface area contributed by atoms with E-state index >= 15 is 0 Å². The van der Waals surface area contributed by atoms with Crippen molar-refractivity contribution < 1.29 is 9.84 Å². The molecule has 0 radical (unpaired) electrons. The van der Waals surface area contributed by atoms with E-state index in [9.17, 15) is 5.11 Å². The Bertz CT molecular complexity index is 938. The minimum absolute atomic E-state index is 0.0617. The zero-order valence-electron chi connectivity index (χ0n) is 13.6. The van der Waals surface area contributed by atoms with Gasteiger partial charge in [-0.25, -0.2) is 0 Å². The van der Waals surface area contributed by atoms with Gasteiger partial charge in [-0.15, -0.1) is 11.3 Å². The summed E-state index contributed by atoms with van der Waals surface area (Å²) < 4.78 is 6.75. The van der Waals surface area contributed by atoms with Crippen LogP contribution in [0.4, 0.5) is 0 Å². The van der Waals surface area contributed by atoms with E-state index in [1.165, 1.54) is 11.3 Å². The number of hydrogen-bond acceptors (Lipinski definition) is 4. The summed E-state index contributed by atoms with van der Waals surface area (Å²) in [6, 6.07) is 15.0. The van der Waals surface area contributed by atoms with Gasteiger partial charge < -0.3 is 9.84 Å². The van der Waals surface area contributed by atoms with Crippen molar-refractivity contribution in [2.24, 2.45) is 0 Å². The first-order chi connectivity index (χ1) is 12.6. The zero-order chi connectivity index (χ0) is 18.1. The number of rotatable bonds is 4. The summed E-state index contributed by atoms with van der Waals surface area (Å²) in [5, 5.41) is 11.8. The summed E-state index contributed by atoms with van der Waals surface area (Å²) >= 11 is 13.6. The average Bonchev–Trinajstić information content (AvgIpc) is 3.28. The molecule has 1 aromatic carbocycles. The van der Waals surface area contributed by atoms with Crippen LogP contribution in [0.25, 0.3) is 5.76 Å². The monoisotopic (exact) mass is 403 g/mol. The van der Waals surface area contributed by atoms with Crippen molar-refractivity contribution in [2.75, 3.05) is 6.61 Å². The molecule has 0 saturated carbocycles. The number of aromatic nitrogens is 1. The van der Waals surface area contributed by atoms with Gasteiger partial charge in [0.15, 0.2) is 0 Å².